The van der Waals surface area contributed by atoms with E-state index in [0.29, 0.717) is 24.0 Å². The molecule has 0 bridgehead atoms. The lowest BCUT2D eigenvalue weighted by Crippen LogP contribution is -2.45. The van der Waals surface area contributed by atoms with Gasteiger partial charge in [0.25, 0.3) is 0 Å². The summed E-state index contributed by atoms with van der Waals surface area (Å²) in [6, 6.07) is 10.2. The summed E-state index contributed by atoms with van der Waals surface area (Å²) in [5.41, 5.74) is 1.83. The molecule has 0 aromatic heterocycles. The molecule has 1 heterocycles. The van der Waals surface area contributed by atoms with Crippen molar-refractivity contribution in [2.24, 2.45) is 4.99 Å². The Bertz CT molecular complexity index is 584. The minimum Gasteiger partial charge on any atom is -0.336 e. The van der Waals surface area contributed by atoms with Gasteiger partial charge in [-0.3, -0.25) is 4.99 Å². The van der Waals surface area contributed by atoms with Gasteiger partial charge >= 0.3 is 6.03 Å². The Morgan fingerprint density at radius 1 is 1.35 bits per heavy atom. The molecule has 6 heteroatoms. The summed E-state index contributed by atoms with van der Waals surface area (Å²) in [4.78, 5) is 18.3. The quantitative estimate of drug-likeness (QED) is 0.839. The summed E-state index contributed by atoms with van der Waals surface area (Å²) in [5, 5.41) is 6.02. The predicted molar refractivity (Wildman–Crippen MR) is 95.0 cm³/mol. The van der Waals surface area contributed by atoms with Gasteiger partial charge in [-0.25, -0.2) is 4.79 Å². The number of allylic oxidation sites excluding steroid dienone is 1. The Morgan fingerprint density at radius 3 is 2.74 bits per heavy atom. The van der Waals surface area contributed by atoms with Crippen molar-refractivity contribution in [3.8, 4) is 0 Å². The van der Waals surface area contributed by atoms with E-state index < -0.39 is 0 Å². The molecule has 1 atom stereocenters. The van der Waals surface area contributed by atoms with Gasteiger partial charge in [-0.2, -0.15) is 0 Å². The van der Waals surface area contributed by atoms with E-state index in [-0.39, 0.29) is 12.1 Å². The Hall–Kier alpha value is -1.85. The maximum absolute atomic E-state index is 12.0. The normalized spacial score (nSPS) is 15.7. The highest BCUT2D eigenvalue weighted by atomic mass is 35.5. The van der Waals surface area contributed by atoms with Crippen LogP contribution in [0.2, 0.25) is 0 Å². The van der Waals surface area contributed by atoms with Gasteiger partial charge in [-0.1, -0.05) is 48.0 Å². The molecule has 0 radical (unpaired) electrons. The van der Waals surface area contributed by atoms with Crippen molar-refractivity contribution in [2.75, 3.05) is 27.2 Å². The van der Waals surface area contributed by atoms with Crippen LogP contribution >= 0.6 is 11.6 Å². The number of nitrogens with one attached hydrogen (secondary N) is 2. The molecule has 1 aliphatic rings. The first-order chi connectivity index (χ1) is 11.1. The van der Waals surface area contributed by atoms with Crippen molar-refractivity contribution in [1.82, 2.24) is 15.5 Å². The largest absolute Gasteiger partial charge is 0.336 e. The van der Waals surface area contributed by atoms with Crippen LogP contribution in [-0.4, -0.2) is 49.3 Å². The van der Waals surface area contributed by atoms with E-state index in [2.05, 4.69) is 32.7 Å². The number of aliphatic imine (C=N–C) groups is 1. The van der Waals surface area contributed by atoms with E-state index >= 15 is 0 Å². The average molecular weight is 335 g/mol. The van der Waals surface area contributed by atoms with E-state index in [1.807, 2.05) is 38.4 Å². The fraction of sp³-hybridized carbons (Fsp3) is 0.412. The van der Waals surface area contributed by atoms with E-state index in [1.54, 1.807) is 0 Å². The van der Waals surface area contributed by atoms with Crippen molar-refractivity contribution in [3.63, 3.8) is 0 Å². The molecular weight excluding hydrogens is 312 g/mol. The highest BCUT2D eigenvalue weighted by Gasteiger charge is 2.15. The molecule has 0 spiro atoms. The maximum Gasteiger partial charge on any atom is 0.319 e. The molecule has 0 saturated carbocycles. The first-order valence-electron chi connectivity index (χ1n) is 7.72. The van der Waals surface area contributed by atoms with Gasteiger partial charge in [0.15, 0.2) is 0 Å². The zero-order valence-corrected chi connectivity index (χ0v) is 14.3. The molecule has 2 rings (SSSR count). The van der Waals surface area contributed by atoms with Gasteiger partial charge in [-0.05, 0) is 32.5 Å². The smallest absolute Gasteiger partial charge is 0.319 e. The second kappa shape index (κ2) is 8.70. The van der Waals surface area contributed by atoms with Gasteiger partial charge in [0, 0.05) is 19.1 Å². The highest BCUT2D eigenvalue weighted by Crippen LogP contribution is 2.08. The van der Waals surface area contributed by atoms with Crippen molar-refractivity contribution in [2.45, 2.75) is 18.9 Å². The van der Waals surface area contributed by atoms with Gasteiger partial charge in [0.2, 0.25) is 0 Å². The molecule has 124 valence electrons. The fourth-order valence-electron chi connectivity index (χ4n) is 2.34. The van der Waals surface area contributed by atoms with Crippen molar-refractivity contribution in [1.29, 1.82) is 0 Å². The lowest BCUT2D eigenvalue weighted by atomic mass is 10.1. The molecule has 23 heavy (non-hydrogen) atoms. The van der Waals surface area contributed by atoms with Crippen molar-refractivity contribution in [3.05, 3.63) is 47.7 Å². The van der Waals surface area contributed by atoms with Crippen LogP contribution in [0.5, 0.6) is 0 Å². The summed E-state index contributed by atoms with van der Waals surface area (Å²) in [7, 11) is 4.03. The Morgan fingerprint density at radius 2 is 2.09 bits per heavy atom. The van der Waals surface area contributed by atoms with E-state index in [4.69, 9.17) is 11.6 Å². The third kappa shape index (κ3) is 5.69. The number of benzene rings is 1. The zero-order valence-electron chi connectivity index (χ0n) is 13.6. The molecule has 2 amide bonds. The van der Waals surface area contributed by atoms with Crippen LogP contribution in [0.4, 0.5) is 4.79 Å². The molecule has 1 aromatic carbocycles. The third-order valence-corrected chi connectivity index (χ3v) is 4.06. The number of hydrogen-bond donors (Lipinski definition) is 2. The number of hydrogen-bond acceptors (Lipinski definition) is 3. The van der Waals surface area contributed by atoms with Crippen LogP contribution in [0.25, 0.3) is 0 Å². The lowest BCUT2D eigenvalue weighted by Gasteiger charge is -2.25. The first kappa shape index (κ1) is 17.5. The average Bonchev–Trinajstić information content (AvgIpc) is 2.54. The molecule has 1 aliphatic heterocycles. The maximum atomic E-state index is 12.0. The minimum atomic E-state index is -0.258. The Balaban J connectivity index is 1.85. The van der Waals surface area contributed by atoms with Crippen molar-refractivity contribution < 1.29 is 4.79 Å². The van der Waals surface area contributed by atoms with Gasteiger partial charge in [-0.15, -0.1) is 0 Å². The number of carbonyl (C=O) groups is 1. The lowest BCUT2D eigenvalue weighted by molar-refractivity contribution is 0.234. The van der Waals surface area contributed by atoms with Gasteiger partial charge < -0.3 is 15.5 Å². The predicted octanol–water partition coefficient (Wildman–Crippen LogP) is 2.38. The molecule has 0 fully saturated rings. The Kier molecular flexibility index (Phi) is 6.62. The van der Waals surface area contributed by atoms with Crippen LogP contribution in [0.1, 0.15) is 12.0 Å². The van der Waals surface area contributed by atoms with Crippen LogP contribution < -0.4 is 10.6 Å². The summed E-state index contributed by atoms with van der Waals surface area (Å²) in [6.45, 7) is 1.22. The van der Waals surface area contributed by atoms with Crippen LogP contribution in [0.3, 0.4) is 0 Å². The van der Waals surface area contributed by atoms with Crippen LogP contribution in [0.15, 0.2) is 47.1 Å². The van der Waals surface area contributed by atoms with Crippen LogP contribution in [-0.2, 0) is 6.42 Å². The molecule has 0 aliphatic carbocycles. The number of nitrogens with zero attached hydrogens (tertiary/aromatic N) is 2. The molecule has 1 aromatic rings. The number of likely N-dealkylation sites (N-methyl/N-ethyl adjacent to an activating group) is 1. The summed E-state index contributed by atoms with van der Waals surface area (Å²) >= 11 is 5.98. The summed E-state index contributed by atoms with van der Waals surface area (Å²) < 4.78 is 0. The van der Waals surface area contributed by atoms with Crippen molar-refractivity contribution >= 4 is 22.8 Å². The fourth-order valence-corrected chi connectivity index (χ4v) is 2.55. The van der Waals surface area contributed by atoms with E-state index in [0.717, 1.165) is 12.8 Å². The third-order valence-electron chi connectivity index (χ3n) is 3.74. The van der Waals surface area contributed by atoms with Gasteiger partial charge in [0.1, 0.15) is 5.17 Å². The summed E-state index contributed by atoms with van der Waals surface area (Å²) in [6.07, 6.45) is 3.56. The van der Waals surface area contributed by atoms with Crippen LogP contribution in [0, 0.1) is 0 Å². The monoisotopic (exact) mass is 334 g/mol. The zero-order chi connectivity index (χ0) is 16.7. The number of dihydropyridines is 1. The number of rotatable bonds is 6. The SMILES string of the molecule is CN(C)[C@H](CNC(=O)NC1=CCCN=C1Cl)Cc1ccccc1. The Labute approximate surface area is 142 Å². The standard InChI is InChI=1S/C17H23ClN4O/c1-22(2)14(11-13-7-4-3-5-8-13)12-20-17(23)21-15-9-6-10-19-16(15)18/h3-5,7-9,14H,6,10-12H2,1-2H3,(H2,20,21,23)/t14-/m0/s1. The molecule has 5 nitrogen and oxygen atoms in total. The topological polar surface area (TPSA) is 56.7 Å². The summed E-state index contributed by atoms with van der Waals surface area (Å²) in [5.74, 6) is 0. The first-order valence-corrected chi connectivity index (χ1v) is 8.09. The number of amides is 2. The van der Waals surface area contributed by atoms with Gasteiger partial charge in [0.05, 0.1) is 5.70 Å². The second-order valence-electron chi connectivity index (χ2n) is 5.72. The van der Waals surface area contributed by atoms with E-state index in [1.165, 1.54) is 5.56 Å². The highest BCUT2D eigenvalue weighted by molar-refractivity contribution is 6.69. The number of carbonyl (C=O) groups excluding carboxylic acids is 1. The number of halogens is 1. The minimum absolute atomic E-state index is 0.215. The number of urea groups is 1. The molecular formula is C17H23ClN4O. The molecule has 2 N–H and O–H groups in total. The molecule has 0 unspecified atom stereocenters. The molecule has 0 saturated heterocycles. The second-order valence-corrected chi connectivity index (χ2v) is 6.08. The van der Waals surface area contributed by atoms with E-state index in [9.17, 15) is 4.79 Å².